The first-order chi connectivity index (χ1) is 13.1. The number of hydrogen-bond acceptors (Lipinski definition) is 3. The van der Waals surface area contributed by atoms with Crippen LogP contribution in [0.2, 0.25) is 5.02 Å². The largest absolute Gasteiger partial charge is 0.505 e. The normalized spacial score (nSPS) is 11.4. The van der Waals surface area contributed by atoms with Crippen LogP contribution in [0.3, 0.4) is 0 Å². The minimum atomic E-state index is -0.443. The molecule has 3 heterocycles. The maximum Gasteiger partial charge on any atom is 0.278 e. The van der Waals surface area contributed by atoms with Gasteiger partial charge in [-0.3, -0.25) is 4.79 Å². The first-order valence-corrected chi connectivity index (χ1v) is 8.65. The predicted octanol–water partition coefficient (Wildman–Crippen LogP) is 4.22. The van der Waals surface area contributed by atoms with Gasteiger partial charge in [-0.15, -0.1) is 0 Å². The third kappa shape index (κ3) is 2.42. The molecule has 6 nitrogen and oxygen atoms in total. The Kier molecular flexibility index (Phi) is 3.35. The molecule has 3 aromatic heterocycles. The van der Waals surface area contributed by atoms with E-state index in [1.54, 1.807) is 30.6 Å². The zero-order chi connectivity index (χ0) is 18.5. The van der Waals surface area contributed by atoms with Crippen molar-refractivity contribution < 1.29 is 5.11 Å². The number of nitrogens with zero attached hydrogens (tertiary/aromatic N) is 2. The van der Waals surface area contributed by atoms with Crippen LogP contribution in [0.25, 0.3) is 38.6 Å². The van der Waals surface area contributed by atoms with E-state index >= 15 is 0 Å². The molecule has 0 aliphatic heterocycles. The number of fused-ring (bicyclic) bond motifs is 2. The van der Waals surface area contributed by atoms with Gasteiger partial charge in [0, 0.05) is 35.1 Å². The molecule has 0 spiro atoms. The van der Waals surface area contributed by atoms with E-state index in [1.807, 2.05) is 30.5 Å². The summed E-state index contributed by atoms with van der Waals surface area (Å²) in [5.74, 6) is -0.141. The second-order valence-corrected chi connectivity index (χ2v) is 6.67. The van der Waals surface area contributed by atoms with E-state index in [9.17, 15) is 9.90 Å². The summed E-state index contributed by atoms with van der Waals surface area (Å²) in [7, 11) is 0. The molecule has 5 aromatic rings. The Morgan fingerprint density at radius 2 is 2.00 bits per heavy atom. The topological polar surface area (TPSA) is 86.7 Å². The van der Waals surface area contributed by atoms with Gasteiger partial charge in [-0.05, 0) is 47.3 Å². The van der Waals surface area contributed by atoms with Crippen LogP contribution in [-0.2, 0) is 0 Å². The number of hydrogen-bond donors (Lipinski definition) is 3. The van der Waals surface area contributed by atoms with E-state index in [-0.39, 0.29) is 11.4 Å². The Morgan fingerprint density at radius 3 is 2.81 bits per heavy atom. The molecule has 0 saturated heterocycles. The minimum absolute atomic E-state index is 0.0712. The number of aromatic amines is 2. The molecular weight excluding hydrogens is 364 g/mol. The van der Waals surface area contributed by atoms with Crippen LogP contribution in [0.15, 0.2) is 65.8 Å². The quantitative estimate of drug-likeness (QED) is 0.431. The maximum atomic E-state index is 12.4. The smallest absolute Gasteiger partial charge is 0.278 e. The lowest BCUT2D eigenvalue weighted by molar-refractivity contribution is 0.475. The average molecular weight is 377 g/mol. The molecule has 27 heavy (non-hydrogen) atoms. The molecule has 0 atom stereocenters. The van der Waals surface area contributed by atoms with Crippen LogP contribution in [-0.4, -0.2) is 24.9 Å². The molecule has 7 heteroatoms. The lowest BCUT2D eigenvalue weighted by atomic mass is 10.0. The Morgan fingerprint density at radius 1 is 1.11 bits per heavy atom. The fraction of sp³-hybridized carbons (Fsp3) is 0. The zero-order valence-corrected chi connectivity index (χ0v) is 14.7. The predicted molar refractivity (Wildman–Crippen MR) is 106 cm³/mol. The van der Waals surface area contributed by atoms with Crippen LogP contribution >= 0.6 is 11.6 Å². The van der Waals surface area contributed by atoms with Gasteiger partial charge in [0.1, 0.15) is 0 Å². The van der Waals surface area contributed by atoms with Crippen molar-refractivity contribution >= 4 is 33.4 Å². The zero-order valence-electron chi connectivity index (χ0n) is 13.9. The van der Waals surface area contributed by atoms with Crippen molar-refractivity contribution in [2.75, 3.05) is 0 Å². The van der Waals surface area contributed by atoms with Gasteiger partial charge < -0.3 is 15.1 Å². The van der Waals surface area contributed by atoms with Crippen LogP contribution in [0.4, 0.5) is 0 Å². The summed E-state index contributed by atoms with van der Waals surface area (Å²) in [5, 5.41) is 16.9. The van der Waals surface area contributed by atoms with Gasteiger partial charge in [0.05, 0.1) is 10.5 Å². The molecule has 5 rings (SSSR count). The molecule has 0 aliphatic rings. The Balaban J connectivity index is 1.79. The number of rotatable bonds is 2. The minimum Gasteiger partial charge on any atom is -0.505 e. The third-order valence-electron chi connectivity index (χ3n) is 4.65. The highest BCUT2D eigenvalue weighted by Gasteiger charge is 2.16. The molecular formula is C20H13ClN4O2. The standard InChI is InChI=1S/C20H13ClN4O2/c21-15-10-17-14(19(26)18(20(27)24-17)25-7-1-5-23-25)9-13(15)11-2-3-16-12(8-11)4-6-22-16/h1-10,22H,(H2,24,26,27). The number of halogens is 1. The maximum absolute atomic E-state index is 12.4. The van der Waals surface area contributed by atoms with Crippen molar-refractivity contribution in [1.82, 2.24) is 19.7 Å². The van der Waals surface area contributed by atoms with Gasteiger partial charge >= 0.3 is 0 Å². The Hall–Kier alpha value is -3.51. The van der Waals surface area contributed by atoms with Crippen molar-refractivity contribution in [3.63, 3.8) is 0 Å². The molecule has 0 bridgehead atoms. The summed E-state index contributed by atoms with van der Waals surface area (Å²) >= 11 is 6.48. The summed E-state index contributed by atoms with van der Waals surface area (Å²) in [5.41, 5.74) is 2.80. The molecule has 0 saturated carbocycles. The first kappa shape index (κ1) is 15.7. The van der Waals surface area contributed by atoms with Gasteiger partial charge in [0.15, 0.2) is 11.4 Å². The van der Waals surface area contributed by atoms with Crippen LogP contribution in [0.5, 0.6) is 5.75 Å². The molecule has 2 aromatic carbocycles. The number of aromatic nitrogens is 4. The SMILES string of the molecule is O=c1[nH]c2cc(Cl)c(-c3ccc4[nH]ccc4c3)cc2c(O)c1-n1cccn1. The fourth-order valence-electron chi connectivity index (χ4n) is 3.34. The van der Waals surface area contributed by atoms with Crippen LogP contribution in [0, 0.1) is 0 Å². The molecule has 0 amide bonds. The van der Waals surface area contributed by atoms with E-state index in [0.29, 0.717) is 15.9 Å². The number of benzene rings is 2. The van der Waals surface area contributed by atoms with Gasteiger partial charge in [-0.25, -0.2) is 4.68 Å². The van der Waals surface area contributed by atoms with Crippen molar-refractivity contribution in [3.8, 4) is 22.6 Å². The molecule has 0 radical (unpaired) electrons. The second-order valence-electron chi connectivity index (χ2n) is 6.26. The number of nitrogens with one attached hydrogen (secondary N) is 2. The highest BCUT2D eigenvalue weighted by atomic mass is 35.5. The third-order valence-corrected chi connectivity index (χ3v) is 4.96. The van der Waals surface area contributed by atoms with Gasteiger partial charge in [0.2, 0.25) is 0 Å². The molecule has 0 aliphatic carbocycles. The second kappa shape index (κ2) is 5.75. The van der Waals surface area contributed by atoms with Crippen molar-refractivity contribution in [2.24, 2.45) is 0 Å². The monoisotopic (exact) mass is 376 g/mol. The highest BCUT2D eigenvalue weighted by molar-refractivity contribution is 6.34. The van der Waals surface area contributed by atoms with E-state index in [1.165, 1.54) is 4.68 Å². The summed E-state index contributed by atoms with van der Waals surface area (Å²) in [6.07, 6.45) is 5.03. The van der Waals surface area contributed by atoms with Gasteiger partial charge in [0.25, 0.3) is 5.56 Å². The van der Waals surface area contributed by atoms with Crippen molar-refractivity contribution in [1.29, 1.82) is 0 Å². The van der Waals surface area contributed by atoms with E-state index in [4.69, 9.17) is 11.6 Å². The summed E-state index contributed by atoms with van der Waals surface area (Å²) in [4.78, 5) is 18.3. The number of pyridine rings is 1. The fourth-order valence-corrected chi connectivity index (χ4v) is 3.62. The number of aromatic hydroxyl groups is 1. The lowest BCUT2D eigenvalue weighted by Gasteiger charge is -2.11. The Bertz CT molecular complexity index is 1370. The lowest BCUT2D eigenvalue weighted by Crippen LogP contribution is -2.15. The average Bonchev–Trinajstić information content (AvgIpc) is 3.32. The first-order valence-electron chi connectivity index (χ1n) is 8.28. The van der Waals surface area contributed by atoms with E-state index in [0.717, 1.165) is 22.0 Å². The van der Waals surface area contributed by atoms with E-state index in [2.05, 4.69) is 15.1 Å². The van der Waals surface area contributed by atoms with Gasteiger partial charge in [-0.1, -0.05) is 17.7 Å². The summed E-state index contributed by atoms with van der Waals surface area (Å²) < 4.78 is 1.34. The van der Waals surface area contributed by atoms with E-state index < -0.39 is 5.56 Å². The molecule has 132 valence electrons. The van der Waals surface area contributed by atoms with Crippen LogP contribution in [0.1, 0.15) is 0 Å². The molecule has 3 N–H and O–H groups in total. The summed E-state index contributed by atoms with van der Waals surface area (Å²) in [6.45, 7) is 0. The highest BCUT2D eigenvalue weighted by Crippen LogP contribution is 2.36. The number of H-pyrrole nitrogens is 2. The van der Waals surface area contributed by atoms with Crippen molar-refractivity contribution in [3.05, 3.63) is 76.4 Å². The molecule has 0 fully saturated rings. The Labute approximate surface area is 157 Å². The van der Waals surface area contributed by atoms with Crippen LogP contribution < -0.4 is 5.56 Å². The van der Waals surface area contributed by atoms with Crippen molar-refractivity contribution in [2.45, 2.75) is 0 Å². The molecule has 0 unspecified atom stereocenters. The van der Waals surface area contributed by atoms with Gasteiger partial charge in [-0.2, -0.15) is 5.10 Å². The summed E-state index contributed by atoms with van der Waals surface area (Å²) in [6, 6.07) is 13.1.